The number of nitrogens with two attached hydrogens (primary N) is 1. The van der Waals surface area contributed by atoms with Gasteiger partial charge in [0.05, 0.1) is 12.5 Å². The fourth-order valence-electron chi connectivity index (χ4n) is 3.76. The van der Waals surface area contributed by atoms with Crippen molar-refractivity contribution in [2.24, 2.45) is 5.73 Å². The first-order valence-corrected chi connectivity index (χ1v) is 8.96. The summed E-state index contributed by atoms with van der Waals surface area (Å²) in [5.41, 5.74) is 5.10. The van der Waals surface area contributed by atoms with Crippen molar-refractivity contribution in [2.45, 2.75) is 43.9 Å². The number of amides is 1. The molecule has 148 valence electrons. The van der Waals surface area contributed by atoms with Gasteiger partial charge in [0.15, 0.2) is 5.69 Å². The van der Waals surface area contributed by atoms with Gasteiger partial charge in [0.1, 0.15) is 17.2 Å². The smallest absolute Gasteiger partial charge is 0.368 e. The minimum absolute atomic E-state index is 0.110. The molecule has 10 heteroatoms. The molecule has 3 aromatic heterocycles. The third-order valence-corrected chi connectivity index (χ3v) is 5.14. The number of halogens is 3. The molecule has 0 aliphatic heterocycles. The van der Waals surface area contributed by atoms with Gasteiger partial charge < -0.3 is 15.6 Å². The molecule has 0 saturated heterocycles. The van der Waals surface area contributed by atoms with Crippen LogP contribution in [0.15, 0.2) is 36.9 Å². The lowest BCUT2D eigenvalue weighted by molar-refractivity contribution is -0.140. The Morgan fingerprint density at radius 1 is 1.21 bits per heavy atom. The molecule has 0 atom stereocenters. The van der Waals surface area contributed by atoms with Gasteiger partial charge in [0.25, 0.3) is 5.91 Å². The molecule has 0 bridgehead atoms. The van der Waals surface area contributed by atoms with E-state index in [-0.39, 0.29) is 17.7 Å². The Kier molecular flexibility index (Phi) is 4.48. The van der Waals surface area contributed by atoms with E-state index in [9.17, 15) is 18.0 Å². The number of fused-ring (bicyclic) bond motifs is 1. The number of aromatic nitrogens is 4. The van der Waals surface area contributed by atoms with Crippen molar-refractivity contribution < 1.29 is 18.0 Å². The van der Waals surface area contributed by atoms with Crippen LogP contribution in [0.1, 0.15) is 47.9 Å². The highest BCUT2D eigenvalue weighted by Crippen LogP contribution is 2.32. The Hall–Kier alpha value is -3.04. The van der Waals surface area contributed by atoms with E-state index in [4.69, 9.17) is 5.73 Å². The molecule has 7 nitrogen and oxygen atoms in total. The van der Waals surface area contributed by atoms with Crippen LogP contribution in [-0.2, 0) is 6.18 Å². The van der Waals surface area contributed by atoms with Crippen LogP contribution in [0.2, 0.25) is 0 Å². The molecule has 1 saturated carbocycles. The number of imidazole rings is 2. The Morgan fingerprint density at radius 3 is 2.64 bits per heavy atom. The second kappa shape index (κ2) is 6.84. The summed E-state index contributed by atoms with van der Waals surface area (Å²) in [4.78, 5) is 19.1. The topological polar surface area (TPSA) is 90.2 Å². The highest BCUT2D eigenvalue weighted by molar-refractivity contribution is 5.90. The highest BCUT2D eigenvalue weighted by Gasteiger charge is 2.34. The summed E-state index contributed by atoms with van der Waals surface area (Å²) in [7, 11) is 0. The van der Waals surface area contributed by atoms with Crippen molar-refractivity contribution in [2.75, 3.05) is 5.32 Å². The molecular weight excluding hydrogens is 373 g/mol. The molecule has 4 rings (SSSR count). The molecule has 1 aliphatic rings. The summed E-state index contributed by atoms with van der Waals surface area (Å²) in [5.74, 6) is 0.0643. The lowest BCUT2D eigenvalue weighted by atomic mass is 9.91. The number of hydrogen-bond donors (Lipinski definition) is 2. The lowest BCUT2D eigenvalue weighted by Gasteiger charge is -2.31. The predicted octanol–water partition coefficient (Wildman–Crippen LogP) is 3.24. The monoisotopic (exact) mass is 392 g/mol. The van der Waals surface area contributed by atoms with Gasteiger partial charge in [-0.2, -0.15) is 13.2 Å². The minimum atomic E-state index is -4.48. The zero-order chi connectivity index (χ0) is 19.9. The SMILES string of the molecule is NC(=O)c1cncn1C1CCC(Nc2cccc3nc(C(F)(F)F)cn23)CC1. The first kappa shape index (κ1) is 18.3. The maximum atomic E-state index is 12.9. The standard InChI is InChI=1S/C18H19F3N6O/c19-18(20,21)14-9-26-15(2-1-3-16(26)25-14)24-11-4-6-12(7-5-11)27-10-23-8-13(27)17(22)28/h1-3,8-12,24H,4-7H2,(H2,22,28). The fourth-order valence-corrected chi connectivity index (χ4v) is 3.76. The zero-order valence-corrected chi connectivity index (χ0v) is 14.9. The average molecular weight is 392 g/mol. The Morgan fingerprint density at radius 2 is 1.96 bits per heavy atom. The molecule has 0 unspecified atom stereocenters. The second-order valence-electron chi connectivity index (χ2n) is 6.96. The van der Waals surface area contributed by atoms with Crippen LogP contribution in [0.3, 0.4) is 0 Å². The van der Waals surface area contributed by atoms with Crippen molar-refractivity contribution in [3.8, 4) is 0 Å². The Balaban J connectivity index is 1.47. The summed E-state index contributed by atoms with van der Waals surface area (Å²) in [6.07, 6.45) is 2.83. The van der Waals surface area contributed by atoms with Gasteiger partial charge in [-0.25, -0.2) is 9.97 Å². The van der Waals surface area contributed by atoms with E-state index >= 15 is 0 Å². The number of pyridine rings is 1. The molecule has 3 N–H and O–H groups in total. The lowest BCUT2D eigenvalue weighted by Crippen LogP contribution is -2.29. The van der Waals surface area contributed by atoms with E-state index in [1.807, 2.05) is 4.57 Å². The van der Waals surface area contributed by atoms with E-state index in [0.717, 1.165) is 31.9 Å². The molecule has 1 amide bonds. The maximum absolute atomic E-state index is 12.9. The van der Waals surface area contributed by atoms with Crippen molar-refractivity contribution >= 4 is 17.4 Å². The normalized spacial score (nSPS) is 20.4. The molecule has 28 heavy (non-hydrogen) atoms. The number of anilines is 1. The van der Waals surface area contributed by atoms with E-state index in [0.29, 0.717) is 11.5 Å². The summed E-state index contributed by atoms with van der Waals surface area (Å²) in [6.45, 7) is 0. The third kappa shape index (κ3) is 3.41. The van der Waals surface area contributed by atoms with Crippen LogP contribution in [-0.4, -0.2) is 30.9 Å². The maximum Gasteiger partial charge on any atom is 0.434 e. The third-order valence-electron chi connectivity index (χ3n) is 5.14. The number of primary amides is 1. The van der Waals surface area contributed by atoms with Gasteiger partial charge >= 0.3 is 6.18 Å². The van der Waals surface area contributed by atoms with Crippen molar-refractivity contribution in [1.82, 2.24) is 18.9 Å². The largest absolute Gasteiger partial charge is 0.434 e. The first-order valence-electron chi connectivity index (χ1n) is 8.96. The number of carbonyl (C=O) groups is 1. The van der Waals surface area contributed by atoms with Gasteiger partial charge in [-0.3, -0.25) is 9.20 Å². The van der Waals surface area contributed by atoms with Gasteiger partial charge in [-0.1, -0.05) is 6.07 Å². The summed E-state index contributed by atoms with van der Waals surface area (Å²) in [5, 5.41) is 3.33. The van der Waals surface area contributed by atoms with E-state index in [1.54, 1.807) is 24.5 Å². The highest BCUT2D eigenvalue weighted by atomic mass is 19.4. The van der Waals surface area contributed by atoms with Crippen LogP contribution in [0, 0.1) is 0 Å². The zero-order valence-electron chi connectivity index (χ0n) is 14.9. The van der Waals surface area contributed by atoms with Crippen LogP contribution >= 0.6 is 0 Å². The average Bonchev–Trinajstić information content (AvgIpc) is 3.30. The van der Waals surface area contributed by atoms with Crippen LogP contribution in [0.4, 0.5) is 19.0 Å². The van der Waals surface area contributed by atoms with Crippen LogP contribution in [0.5, 0.6) is 0 Å². The number of hydrogen-bond acceptors (Lipinski definition) is 4. The number of rotatable bonds is 4. The van der Waals surface area contributed by atoms with Crippen molar-refractivity contribution in [3.63, 3.8) is 0 Å². The molecule has 3 aromatic rings. The fraction of sp³-hybridized carbons (Fsp3) is 0.389. The molecule has 0 aromatic carbocycles. The molecule has 3 heterocycles. The number of carbonyl (C=O) groups excluding carboxylic acids is 1. The Bertz CT molecular complexity index is 1000. The minimum Gasteiger partial charge on any atom is -0.368 e. The molecule has 0 radical (unpaired) electrons. The van der Waals surface area contributed by atoms with E-state index in [1.165, 1.54) is 10.6 Å². The van der Waals surface area contributed by atoms with Gasteiger partial charge in [-0.05, 0) is 37.8 Å². The number of nitrogens with zero attached hydrogens (tertiary/aromatic N) is 4. The Labute approximate surface area is 158 Å². The van der Waals surface area contributed by atoms with Gasteiger partial charge in [-0.15, -0.1) is 0 Å². The summed E-state index contributed by atoms with van der Waals surface area (Å²) in [6, 6.07) is 5.20. The molecular formula is C18H19F3N6O. The predicted molar refractivity (Wildman–Crippen MR) is 95.9 cm³/mol. The van der Waals surface area contributed by atoms with Crippen LogP contribution in [0.25, 0.3) is 5.65 Å². The van der Waals surface area contributed by atoms with Crippen LogP contribution < -0.4 is 11.1 Å². The number of nitrogens with one attached hydrogen (secondary N) is 1. The second-order valence-corrected chi connectivity index (χ2v) is 6.96. The van der Waals surface area contributed by atoms with Crippen molar-refractivity contribution in [3.05, 3.63) is 48.3 Å². The van der Waals surface area contributed by atoms with Gasteiger partial charge in [0.2, 0.25) is 0 Å². The summed E-state index contributed by atoms with van der Waals surface area (Å²) >= 11 is 0. The number of alkyl halides is 3. The molecule has 1 fully saturated rings. The van der Waals surface area contributed by atoms with E-state index < -0.39 is 17.8 Å². The molecule has 0 spiro atoms. The van der Waals surface area contributed by atoms with E-state index in [2.05, 4.69) is 15.3 Å². The van der Waals surface area contributed by atoms with Gasteiger partial charge in [0, 0.05) is 18.3 Å². The van der Waals surface area contributed by atoms with Crippen molar-refractivity contribution in [1.29, 1.82) is 0 Å². The summed E-state index contributed by atoms with van der Waals surface area (Å²) < 4.78 is 42.1. The quantitative estimate of drug-likeness (QED) is 0.713. The molecule has 1 aliphatic carbocycles. The first-order chi connectivity index (χ1) is 13.3.